The topological polar surface area (TPSA) is 0 Å². The molecule has 1 radical (unpaired) electrons. The lowest BCUT2D eigenvalue weighted by atomic mass is 9.89. The molecule has 0 heterocycles. The summed E-state index contributed by atoms with van der Waals surface area (Å²) in [6, 6.07) is -1.28. The minimum absolute atomic E-state index is 0.111. The molecule has 0 aromatic rings. The molecule has 16 heteroatoms. The third-order valence-electron chi connectivity index (χ3n) is 3.04. The van der Waals surface area contributed by atoms with Crippen LogP contribution in [0.25, 0.3) is 0 Å². The van der Waals surface area contributed by atoms with E-state index in [-0.39, 0.29) is 6.92 Å². The van der Waals surface area contributed by atoms with Crippen LogP contribution >= 0.6 is 22.2 Å². The second kappa shape index (κ2) is 6.80. The van der Waals surface area contributed by atoms with Gasteiger partial charge in [-0.2, -0.15) is 57.1 Å². The monoisotopic (exact) mass is 459 g/mol. The fourth-order valence-electron chi connectivity index (χ4n) is 1.45. The van der Waals surface area contributed by atoms with Crippen molar-refractivity contribution < 1.29 is 57.1 Å². The molecule has 0 N–H and O–H groups in total. The molecule has 0 amide bonds. The van der Waals surface area contributed by atoms with E-state index in [4.69, 9.17) is 22.2 Å². The van der Waals surface area contributed by atoms with Gasteiger partial charge in [-0.05, 0) is 6.04 Å². The highest BCUT2D eigenvalue weighted by Crippen LogP contribution is 2.61. The Labute approximate surface area is 142 Å². The van der Waals surface area contributed by atoms with Crippen LogP contribution in [0.3, 0.4) is 0 Å². The zero-order valence-electron chi connectivity index (χ0n) is 11.5. The third-order valence-corrected chi connectivity index (χ3v) is 4.88. The Balaban J connectivity index is 6.20. The molecule has 0 aliphatic heterocycles. The van der Waals surface area contributed by atoms with E-state index in [0.29, 0.717) is 0 Å². The van der Waals surface area contributed by atoms with Crippen molar-refractivity contribution in [3.8, 4) is 0 Å². The van der Waals surface area contributed by atoms with Gasteiger partial charge in [-0.25, -0.2) is 0 Å². The predicted molar refractivity (Wildman–Crippen MR) is 62.2 cm³/mol. The number of alkyl halides is 13. The second-order valence-corrected chi connectivity index (χ2v) is 9.27. The smallest absolute Gasteiger partial charge is 0.199 e. The third kappa shape index (κ3) is 3.80. The highest BCUT2D eigenvalue weighted by atomic mass is 35.7. The normalized spacial score (nSPS) is 17.2. The number of hydrogen-bond donors (Lipinski definition) is 0. The molecule has 0 rings (SSSR count). The highest BCUT2D eigenvalue weighted by molar-refractivity contribution is 7.33. The average molecular weight is 460 g/mol. The zero-order valence-corrected chi connectivity index (χ0v) is 14.0. The van der Waals surface area contributed by atoms with Gasteiger partial charge >= 0.3 is 35.8 Å². The summed E-state index contributed by atoms with van der Waals surface area (Å²) in [7, 11) is -2.84. The van der Waals surface area contributed by atoms with Crippen molar-refractivity contribution in [3.05, 3.63) is 0 Å². The van der Waals surface area contributed by atoms with Gasteiger partial charge in [0.1, 0.15) is 0 Å². The quantitative estimate of drug-likeness (QED) is 0.237. The molecule has 0 aromatic carbocycles. The Hall–Kier alpha value is -0.113. The van der Waals surface area contributed by atoms with Crippen LogP contribution in [0.2, 0.25) is 6.04 Å². The molecule has 25 heavy (non-hydrogen) atoms. The van der Waals surface area contributed by atoms with Gasteiger partial charge < -0.3 is 0 Å². The number of halogens is 15. The Morgan fingerprint density at radius 2 is 0.960 bits per heavy atom. The van der Waals surface area contributed by atoms with E-state index in [0.717, 1.165) is 0 Å². The minimum Gasteiger partial charge on any atom is -0.199 e. The van der Waals surface area contributed by atoms with Crippen LogP contribution in [0, 0.1) is 5.92 Å². The molecule has 0 saturated carbocycles. The average Bonchev–Trinajstić information content (AvgIpc) is 2.35. The molecule has 0 nitrogen and oxygen atoms in total. The predicted octanol–water partition coefficient (Wildman–Crippen LogP) is 6.33. The summed E-state index contributed by atoms with van der Waals surface area (Å²) < 4.78 is 167. The number of rotatable bonds is 7. The molecule has 0 saturated heterocycles. The van der Waals surface area contributed by atoms with Crippen molar-refractivity contribution in [1.29, 1.82) is 0 Å². The SMILES string of the molecule is CC(C[Si](Cl)Cl)C(F)(F)C(F)(F)C(F)(F)C(F)(F)C(F)(F)C(F)(F)F. The van der Waals surface area contributed by atoms with Gasteiger partial charge in [-0.15, -0.1) is 22.2 Å². The molecule has 1 unspecified atom stereocenters. The van der Waals surface area contributed by atoms with Gasteiger partial charge in [0.05, 0.1) is 0 Å². The maximum absolute atomic E-state index is 13.5. The van der Waals surface area contributed by atoms with E-state index in [1.165, 1.54) is 0 Å². The molecule has 151 valence electrons. The molecular weight excluding hydrogens is 454 g/mol. The molecule has 0 aliphatic rings. The van der Waals surface area contributed by atoms with E-state index in [9.17, 15) is 57.1 Å². The first-order valence-corrected chi connectivity index (χ1v) is 9.44. The van der Waals surface area contributed by atoms with Crippen molar-refractivity contribution in [2.75, 3.05) is 0 Å². The van der Waals surface area contributed by atoms with Crippen LogP contribution in [-0.2, 0) is 0 Å². The van der Waals surface area contributed by atoms with Crippen LogP contribution in [0.4, 0.5) is 57.1 Å². The highest BCUT2D eigenvalue weighted by Gasteiger charge is 2.91. The molecule has 0 bridgehead atoms. The van der Waals surface area contributed by atoms with E-state index < -0.39 is 55.2 Å². The summed E-state index contributed by atoms with van der Waals surface area (Å²) in [5, 5.41) is 0. The molecule has 0 fully saturated rings. The second-order valence-electron chi connectivity index (χ2n) is 4.86. The molecule has 0 aromatic heterocycles. The van der Waals surface area contributed by atoms with Gasteiger partial charge in [0.25, 0.3) is 7.42 Å². The lowest BCUT2D eigenvalue weighted by Gasteiger charge is -2.41. The van der Waals surface area contributed by atoms with Crippen LogP contribution in [0.1, 0.15) is 6.92 Å². The van der Waals surface area contributed by atoms with E-state index in [1.54, 1.807) is 0 Å². The standard InChI is InChI=1S/C9H6Cl2F13Si/c1-3(2-25(10)11)4(12,13)5(14,15)6(16,17)7(18,19)8(20,21)9(22,23)24/h3H,2H2,1H3. The molecule has 0 aliphatic carbocycles. The maximum Gasteiger partial charge on any atom is 0.460 e. The summed E-state index contributed by atoms with van der Waals surface area (Å²) >= 11 is 10.1. The van der Waals surface area contributed by atoms with Crippen LogP contribution in [-0.4, -0.2) is 43.2 Å². The lowest BCUT2D eigenvalue weighted by Crippen LogP contribution is -2.70. The first kappa shape index (κ1) is 24.9. The zero-order chi connectivity index (χ0) is 20.9. The largest absolute Gasteiger partial charge is 0.460 e. The Kier molecular flexibility index (Phi) is 6.77. The van der Waals surface area contributed by atoms with Crippen molar-refractivity contribution in [2.45, 2.75) is 48.8 Å². The van der Waals surface area contributed by atoms with E-state index in [1.807, 2.05) is 0 Å². The number of hydrogen-bond acceptors (Lipinski definition) is 0. The van der Waals surface area contributed by atoms with Crippen molar-refractivity contribution in [3.63, 3.8) is 0 Å². The molecule has 0 spiro atoms. The van der Waals surface area contributed by atoms with Crippen LogP contribution in [0.5, 0.6) is 0 Å². The Bertz CT molecular complexity index is 473. The summed E-state index contributed by atoms with van der Waals surface area (Å²) in [6.07, 6.45) is -7.42. The van der Waals surface area contributed by atoms with E-state index in [2.05, 4.69) is 0 Å². The van der Waals surface area contributed by atoms with Gasteiger partial charge in [0.15, 0.2) is 0 Å². The van der Waals surface area contributed by atoms with Crippen molar-refractivity contribution in [2.24, 2.45) is 5.92 Å². The summed E-state index contributed by atoms with van der Waals surface area (Å²) in [5.74, 6) is -39.7. The van der Waals surface area contributed by atoms with Crippen LogP contribution < -0.4 is 0 Å². The fourth-order valence-corrected chi connectivity index (χ4v) is 3.56. The fraction of sp³-hybridized carbons (Fsp3) is 1.00. The summed E-state index contributed by atoms with van der Waals surface area (Å²) in [4.78, 5) is 0. The first-order chi connectivity index (χ1) is 10.6. The summed E-state index contributed by atoms with van der Waals surface area (Å²) in [5.41, 5.74) is 0. The van der Waals surface area contributed by atoms with Gasteiger partial charge in [0.2, 0.25) is 0 Å². The van der Waals surface area contributed by atoms with E-state index >= 15 is 0 Å². The van der Waals surface area contributed by atoms with Gasteiger partial charge in [0, 0.05) is 5.92 Å². The first-order valence-electron chi connectivity index (χ1n) is 5.71. The lowest BCUT2D eigenvalue weighted by molar-refractivity contribution is -0.442. The maximum atomic E-state index is 13.5. The Morgan fingerprint density at radius 1 is 0.640 bits per heavy atom. The minimum atomic E-state index is -7.89. The summed E-state index contributed by atoms with van der Waals surface area (Å²) in [6.45, 7) is 0.111. The van der Waals surface area contributed by atoms with Gasteiger partial charge in [-0.1, -0.05) is 6.92 Å². The Morgan fingerprint density at radius 3 is 1.24 bits per heavy atom. The van der Waals surface area contributed by atoms with Crippen LogP contribution in [0.15, 0.2) is 0 Å². The van der Waals surface area contributed by atoms with Crippen molar-refractivity contribution >= 4 is 29.6 Å². The van der Waals surface area contributed by atoms with Gasteiger partial charge in [-0.3, -0.25) is 0 Å². The van der Waals surface area contributed by atoms with Crippen molar-refractivity contribution in [1.82, 2.24) is 0 Å². The molecule has 1 atom stereocenters. The molecular formula is C9H6Cl2F13Si.